The quantitative estimate of drug-likeness (QED) is 0.596. The normalized spacial score (nSPS) is 25.4. The van der Waals surface area contributed by atoms with Crippen molar-refractivity contribution in [3.05, 3.63) is 30.0 Å². The summed E-state index contributed by atoms with van der Waals surface area (Å²) < 4.78 is 22.0. The van der Waals surface area contributed by atoms with Crippen LogP contribution in [0.1, 0.15) is 37.8 Å². The summed E-state index contributed by atoms with van der Waals surface area (Å²) in [7, 11) is 0. The van der Waals surface area contributed by atoms with Gasteiger partial charge in [-0.3, -0.25) is 19.5 Å². The van der Waals surface area contributed by atoms with E-state index in [1.807, 2.05) is 18.2 Å². The number of hydrogen-bond donors (Lipinski definition) is 0. The molecule has 1 saturated heterocycles. The van der Waals surface area contributed by atoms with Gasteiger partial charge in [-0.25, -0.2) is 0 Å². The molecule has 1 aromatic carbocycles. The van der Waals surface area contributed by atoms with Crippen molar-refractivity contribution in [1.82, 2.24) is 10.1 Å². The van der Waals surface area contributed by atoms with Crippen LogP contribution in [-0.4, -0.2) is 58.2 Å². The number of hydrogen-bond acceptors (Lipinski definition) is 9. The second-order valence-corrected chi connectivity index (χ2v) is 9.94. The van der Waals surface area contributed by atoms with Gasteiger partial charge in [0.2, 0.25) is 5.91 Å². The Labute approximate surface area is 200 Å². The van der Waals surface area contributed by atoms with Crippen LogP contribution >= 0.6 is 11.8 Å². The molecule has 10 heteroatoms. The van der Waals surface area contributed by atoms with Crippen LogP contribution in [0, 0.1) is 5.92 Å². The summed E-state index contributed by atoms with van der Waals surface area (Å²) in [6.07, 6.45) is 4.20. The van der Waals surface area contributed by atoms with E-state index in [2.05, 4.69) is 5.16 Å². The van der Waals surface area contributed by atoms with Gasteiger partial charge < -0.3 is 18.7 Å². The molecule has 6 rings (SSSR count). The highest BCUT2D eigenvalue weighted by atomic mass is 32.2. The molecule has 2 fully saturated rings. The molecule has 1 aliphatic carbocycles. The standard InChI is InChI=1S/C24H25N3O6S/c28-22(11-16-13-34-24-25-18-4-2-1-3-17(18)23(29)27(16)24)32-12-15-10-20(33-26-15)14-5-6-19-21(9-14)31-8-7-30-19/h5-6,9-10,16-18H,1-4,7-8,11-13H2. The van der Waals surface area contributed by atoms with Crippen molar-refractivity contribution < 1.29 is 28.3 Å². The van der Waals surface area contributed by atoms with E-state index >= 15 is 0 Å². The maximum Gasteiger partial charge on any atom is 0.308 e. The summed E-state index contributed by atoms with van der Waals surface area (Å²) >= 11 is 1.56. The molecule has 1 amide bonds. The van der Waals surface area contributed by atoms with E-state index in [0.717, 1.165) is 36.4 Å². The lowest BCUT2D eigenvalue weighted by Gasteiger charge is -2.37. The van der Waals surface area contributed by atoms with Gasteiger partial charge in [-0.05, 0) is 31.0 Å². The molecule has 0 N–H and O–H groups in total. The fourth-order valence-corrected chi connectivity index (χ4v) is 6.18. The molecule has 4 aliphatic rings. The van der Waals surface area contributed by atoms with E-state index < -0.39 is 0 Å². The summed E-state index contributed by atoms with van der Waals surface area (Å²) in [4.78, 5) is 32.2. The Hall–Kier alpha value is -3.01. The Balaban J connectivity index is 1.06. The first kappa shape index (κ1) is 21.5. The Kier molecular flexibility index (Phi) is 5.68. The third kappa shape index (κ3) is 4.04. The van der Waals surface area contributed by atoms with Gasteiger partial charge in [0.05, 0.1) is 24.4 Å². The van der Waals surface area contributed by atoms with Crippen LogP contribution in [0.2, 0.25) is 0 Å². The molecule has 34 heavy (non-hydrogen) atoms. The maximum absolute atomic E-state index is 13.1. The molecule has 3 aliphatic heterocycles. The Morgan fingerprint density at radius 3 is 2.91 bits per heavy atom. The summed E-state index contributed by atoms with van der Waals surface area (Å²) in [6.45, 7) is 1.04. The third-order valence-electron chi connectivity index (χ3n) is 6.71. The van der Waals surface area contributed by atoms with E-state index in [9.17, 15) is 9.59 Å². The van der Waals surface area contributed by atoms with E-state index in [-0.39, 0.29) is 42.9 Å². The second kappa shape index (κ2) is 8.98. The summed E-state index contributed by atoms with van der Waals surface area (Å²) in [5, 5.41) is 4.79. The van der Waals surface area contributed by atoms with Gasteiger partial charge in [-0.1, -0.05) is 29.8 Å². The van der Waals surface area contributed by atoms with E-state index in [1.165, 1.54) is 0 Å². The molecule has 178 valence electrons. The van der Waals surface area contributed by atoms with Gasteiger partial charge >= 0.3 is 5.97 Å². The molecule has 1 saturated carbocycles. The number of rotatable bonds is 5. The zero-order chi connectivity index (χ0) is 23.1. The van der Waals surface area contributed by atoms with Crippen LogP contribution in [0.15, 0.2) is 33.8 Å². The average molecular weight is 484 g/mol. The number of thioether (sulfide) groups is 1. The van der Waals surface area contributed by atoms with Gasteiger partial charge in [-0.15, -0.1) is 0 Å². The van der Waals surface area contributed by atoms with Gasteiger partial charge in [-0.2, -0.15) is 0 Å². The molecule has 0 spiro atoms. The fourth-order valence-electron chi connectivity index (χ4n) is 4.99. The van der Waals surface area contributed by atoms with Gasteiger partial charge in [0.1, 0.15) is 25.5 Å². The largest absolute Gasteiger partial charge is 0.486 e. The average Bonchev–Trinajstić information content (AvgIpc) is 3.50. The van der Waals surface area contributed by atoms with Crippen molar-refractivity contribution in [2.75, 3.05) is 19.0 Å². The highest BCUT2D eigenvalue weighted by Crippen LogP contribution is 2.39. The first-order chi connectivity index (χ1) is 16.7. The lowest BCUT2D eigenvalue weighted by atomic mass is 9.83. The van der Waals surface area contributed by atoms with Gasteiger partial charge in [0.15, 0.2) is 22.4 Å². The van der Waals surface area contributed by atoms with Crippen molar-refractivity contribution in [3.63, 3.8) is 0 Å². The molecule has 3 atom stereocenters. The number of benzene rings is 1. The summed E-state index contributed by atoms with van der Waals surface area (Å²) in [5.74, 6) is 2.30. The number of aromatic nitrogens is 1. The topological polar surface area (TPSA) is 103 Å². The molecule has 3 unspecified atom stereocenters. The number of carbonyl (C=O) groups is 2. The lowest BCUT2D eigenvalue weighted by molar-refractivity contribution is -0.147. The molecule has 0 radical (unpaired) electrons. The minimum absolute atomic E-state index is 0.00629. The Morgan fingerprint density at radius 2 is 2.00 bits per heavy atom. The predicted octanol–water partition coefficient (Wildman–Crippen LogP) is 3.42. The Morgan fingerprint density at radius 1 is 1.15 bits per heavy atom. The monoisotopic (exact) mass is 483 g/mol. The zero-order valence-corrected chi connectivity index (χ0v) is 19.4. The number of aliphatic imine (C=N–C) groups is 1. The number of nitrogens with zero attached hydrogens (tertiary/aromatic N) is 3. The number of esters is 1. The number of amides is 1. The minimum atomic E-state index is -0.366. The highest BCUT2D eigenvalue weighted by molar-refractivity contribution is 8.14. The molecule has 1 aromatic heterocycles. The first-order valence-electron chi connectivity index (χ1n) is 11.7. The smallest absolute Gasteiger partial charge is 0.308 e. The number of fused-ring (bicyclic) bond motifs is 3. The molecule has 9 nitrogen and oxygen atoms in total. The SMILES string of the molecule is O=C(CC1CSC2=NC3CCCCC3C(=O)N21)OCc1cc(-c2ccc3c(c2)OCCO3)on1. The van der Waals surface area contributed by atoms with Crippen LogP contribution in [-0.2, 0) is 20.9 Å². The molecule has 2 aromatic rings. The van der Waals surface area contributed by atoms with Crippen LogP contribution in [0.4, 0.5) is 0 Å². The van der Waals surface area contributed by atoms with Crippen molar-refractivity contribution in [2.45, 2.75) is 50.8 Å². The van der Waals surface area contributed by atoms with Crippen molar-refractivity contribution in [3.8, 4) is 22.8 Å². The molecule has 4 heterocycles. The lowest BCUT2D eigenvalue weighted by Crippen LogP contribution is -2.50. The molecular formula is C24H25N3O6S. The van der Waals surface area contributed by atoms with Crippen LogP contribution in [0.25, 0.3) is 11.3 Å². The molecular weight excluding hydrogens is 458 g/mol. The first-order valence-corrected chi connectivity index (χ1v) is 12.7. The summed E-state index contributed by atoms with van der Waals surface area (Å²) in [5.41, 5.74) is 1.31. The second-order valence-electron chi connectivity index (χ2n) is 8.95. The summed E-state index contributed by atoms with van der Waals surface area (Å²) in [6, 6.07) is 7.19. The van der Waals surface area contributed by atoms with Crippen LogP contribution < -0.4 is 9.47 Å². The highest BCUT2D eigenvalue weighted by Gasteiger charge is 2.46. The fraction of sp³-hybridized carbons (Fsp3) is 0.500. The van der Waals surface area contributed by atoms with Crippen LogP contribution in [0.3, 0.4) is 0 Å². The predicted molar refractivity (Wildman–Crippen MR) is 124 cm³/mol. The van der Waals surface area contributed by atoms with Crippen molar-refractivity contribution in [1.29, 1.82) is 0 Å². The number of ether oxygens (including phenoxy) is 3. The van der Waals surface area contributed by atoms with E-state index in [4.69, 9.17) is 23.7 Å². The third-order valence-corrected chi connectivity index (χ3v) is 7.82. The zero-order valence-electron chi connectivity index (χ0n) is 18.6. The maximum atomic E-state index is 13.1. The van der Waals surface area contributed by atoms with Gasteiger partial charge in [0, 0.05) is 17.4 Å². The van der Waals surface area contributed by atoms with Crippen molar-refractivity contribution >= 4 is 28.8 Å². The minimum Gasteiger partial charge on any atom is -0.486 e. The van der Waals surface area contributed by atoms with Crippen molar-refractivity contribution in [2.24, 2.45) is 10.9 Å². The van der Waals surface area contributed by atoms with Crippen LogP contribution in [0.5, 0.6) is 11.5 Å². The number of carbonyl (C=O) groups excluding carboxylic acids is 2. The number of amidine groups is 1. The molecule has 0 bridgehead atoms. The Bertz CT molecular complexity index is 1150. The van der Waals surface area contributed by atoms with E-state index in [0.29, 0.717) is 41.9 Å². The van der Waals surface area contributed by atoms with Gasteiger partial charge in [0.25, 0.3) is 0 Å². The van der Waals surface area contributed by atoms with E-state index in [1.54, 1.807) is 22.7 Å².